The number of nitrogens with zero attached hydrogens (tertiary/aromatic N) is 4. The van der Waals surface area contributed by atoms with Gasteiger partial charge < -0.3 is 19.9 Å². The monoisotopic (exact) mass is 540 g/mol. The Hall–Kier alpha value is -3.98. The van der Waals surface area contributed by atoms with Gasteiger partial charge in [0.2, 0.25) is 11.8 Å². The van der Waals surface area contributed by atoms with E-state index in [0.717, 1.165) is 0 Å². The molecule has 0 bridgehead atoms. The molecular weight excluding hydrogens is 523 g/mol. The summed E-state index contributed by atoms with van der Waals surface area (Å²) in [4.78, 5) is 16.8. The van der Waals surface area contributed by atoms with Crippen LogP contribution in [0.25, 0.3) is 22.3 Å². The highest BCUT2D eigenvalue weighted by Gasteiger charge is 2.27. The van der Waals surface area contributed by atoms with Crippen molar-refractivity contribution in [1.82, 2.24) is 19.9 Å². The lowest BCUT2D eigenvalue weighted by Crippen LogP contribution is -2.22. The lowest BCUT2D eigenvalue weighted by Gasteiger charge is -2.13. The first-order valence-corrected chi connectivity index (χ1v) is 11.5. The van der Waals surface area contributed by atoms with Gasteiger partial charge in [-0.3, -0.25) is 0 Å². The van der Waals surface area contributed by atoms with Crippen LogP contribution in [0, 0.1) is 0 Å². The van der Waals surface area contributed by atoms with Crippen molar-refractivity contribution in [3.63, 3.8) is 0 Å². The topological polar surface area (TPSA) is 122 Å². The first kappa shape index (κ1) is 26.1. The number of aromatic nitrogens is 4. The maximum atomic E-state index is 12.9. The Morgan fingerprint density at radius 2 is 1.73 bits per heavy atom. The lowest BCUT2D eigenvalue weighted by atomic mass is 10.2. The molecule has 0 spiro atoms. The van der Waals surface area contributed by atoms with Crippen LogP contribution in [-0.2, 0) is 17.6 Å². The Kier molecular flexibility index (Phi) is 7.73. The molecule has 0 fully saturated rings. The summed E-state index contributed by atoms with van der Waals surface area (Å²) in [6.45, 7) is -4.22. The molecule has 0 saturated heterocycles. The summed E-state index contributed by atoms with van der Waals surface area (Å²) in [5, 5.41) is 5.15. The number of alkyl halides is 5. The molecule has 15 heteroatoms. The first-order chi connectivity index (χ1) is 17.6. The van der Waals surface area contributed by atoms with Crippen molar-refractivity contribution < 1.29 is 35.5 Å². The normalized spacial score (nSPS) is 12.5. The number of halogens is 5. The average Bonchev–Trinajstić information content (AvgIpc) is 2.85. The molecule has 4 aromatic rings. The molecular formula is C22H17F5N6O3S. The summed E-state index contributed by atoms with van der Waals surface area (Å²) in [7, 11) is 0. The molecule has 0 aliphatic carbocycles. The molecule has 1 atom stereocenters. The number of nitrogens with one attached hydrogen (secondary N) is 2. The summed E-state index contributed by atoms with van der Waals surface area (Å²) >= 11 is -2.12. The first-order valence-electron chi connectivity index (χ1n) is 10.4. The van der Waals surface area contributed by atoms with Crippen molar-refractivity contribution >= 4 is 33.9 Å². The van der Waals surface area contributed by atoms with Crippen molar-refractivity contribution in [1.29, 1.82) is 0 Å². The molecule has 1 aromatic carbocycles. The Bertz CT molecular complexity index is 1410. The van der Waals surface area contributed by atoms with E-state index >= 15 is 0 Å². The summed E-state index contributed by atoms with van der Waals surface area (Å²) in [5.41, 5.74) is 1.70. The van der Waals surface area contributed by atoms with Crippen LogP contribution in [0.1, 0.15) is 5.56 Å². The minimum Gasteiger partial charge on any atom is -0.417 e. The fourth-order valence-electron chi connectivity index (χ4n) is 3.16. The molecule has 0 aliphatic heterocycles. The molecule has 9 nitrogen and oxygen atoms in total. The van der Waals surface area contributed by atoms with Gasteiger partial charge >= 0.3 is 12.8 Å². The van der Waals surface area contributed by atoms with E-state index in [-0.39, 0.29) is 40.1 Å². The molecule has 4 rings (SSSR count). The third-order valence-corrected chi connectivity index (χ3v) is 5.49. The molecule has 0 aliphatic rings. The van der Waals surface area contributed by atoms with Gasteiger partial charge in [-0.25, -0.2) is 19.2 Å². The number of fused-ring (bicyclic) bond motifs is 1. The van der Waals surface area contributed by atoms with Crippen LogP contribution < -0.4 is 15.4 Å². The van der Waals surface area contributed by atoms with E-state index in [2.05, 4.69) is 35.3 Å². The van der Waals surface area contributed by atoms with E-state index < -0.39 is 30.4 Å². The zero-order valence-electron chi connectivity index (χ0n) is 18.5. The van der Waals surface area contributed by atoms with Crippen molar-refractivity contribution in [2.45, 2.75) is 24.2 Å². The van der Waals surface area contributed by atoms with Gasteiger partial charge in [0.1, 0.15) is 12.1 Å². The number of rotatable bonds is 9. The van der Waals surface area contributed by atoms with Gasteiger partial charge in [-0.1, -0.05) is 12.1 Å². The number of anilines is 2. The summed E-state index contributed by atoms with van der Waals surface area (Å²) in [6, 6.07) is 11.9. The number of benzene rings is 1. The molecule has 3 heterocycles. The standard InChI is InChI=1S/C22H17F5N6O3S/c23-20(24)36-17-8-3-13(10-28-17)15-6-7-16-18(31-15)19(30-11-22(25,26)27)33-21(32-16)29-9-12-1-4-14(5-2-12)37(34)35/h1-8,10,20H,9,11H2,(H,34,35)(H2,29,30,32,33). The molecule has 37 heavy (non-hydrogen) atoms. The van der Waals surface area contributed by atoms with Gasteiger partial charge in [0.05, 0.1) is 16.1 Å². The van der Waals surface area contributed by atoms with Gasteiger partial charge in [0.25, 0.3) is 0 Å². The van der Waals surface area contributed by atoms with Gasteiger partial charge in [0, 0.05) is 24.4 Å². The minimum absolute atomic E-state index is 0.0247. The number of pyridine rings is 2. The van der Waals surface area contributed by atoms with Gasteiger partial charge in [-0.2, -0.15) is 26.9 Å². The van der Waals surface area contributed by atoms with Crippen molar-refractivity contribution in [3.8, 4) is 17.1 Å². The van der Waals surface area contributed by atoms with E-state index in [4.69, 9.17) is 4.55 Å². The SMILES string of the molecule is O=S(O)c1ccc(CNc2nc(NCC(F)(F)F)c3nc(-c4ccc(OC(F)F)nc4)ccc3n2)cc1. The maximum absolute atomic E-state index is 12.9. The quantitative estimate of drug-likeness (QED) is 0.202. The Morgan fingerprint density at radius 1 is 0.973 bits per heavy atom. The fourth-order valence-corrected chi connectivity index (χ4v) is 3.53. The molecule has 0 amide bonds. The molecule has 194 valence electrons. The van der Waals surface area contributed by atoms with Crippen LogP contribution in [0.4, 0.5) is 33.7 Å². The Labute approximate surface area is 208 Å². The largest absolute Gasteiger partial charge is 0.417 e. The van der Waals surface area contributed by atoms with Gasteiger partial charge in [-0.15, -0.1) is 0 Å². The van der Waals surface area contributed by atoms with Crippen molar-refractivity contribution in [2.75, 3.05) is 17.2 Å². The minimum atomic E-state index is -4.53. The second-order valence-corrected chi connectivity index (χ2v) is 8.41. The van der Waals surface area contributed by atoms with Crippen LogP contribution in [0.2, 0.25) is 0 Å². The predicted molar refractivity (Wildman–Crippen MR) is 125 cm³/mol. The highest BCUT2D eigenvalue weighted by molar-refractivity contribution is 7.79. The molecule has 3 N–H and O–H groups in total. The number of ether oxygens (including phenoxy) is 1. The summed E-state index contributed by atoms with van der Waals surface area (Å²) in [6.07, 6.45) is -3.29. The van der Waals surface area contributed by atoms with Crippen LogP contribution in [-0.4, -0.2) is 48.0 Å². The van der Waals surface area contributed by atoms with Crippen LogP contribution in [0.5, 0.6) is 5.88 Å². The zero-order valence-corrected chi connectivity index (χ0v) is 19.4. The average molecular weight is 540 g/mol. The highest BCUT2D eigenvalue weighted by atomic mass is 32.2. The predicted octanol–water partition coefficient (Wildman–Crippen LogP) is 4.86. The van der Waals surface area contributed by atoms with E-state index in [1.54, 1.807) is 18.2 Å². The second-order valence-electron chi connectivity index (χ2n) is 7.44. The molecule has 3 aromatic heterocycles. The van der Waals surface area contributed by atoms with E-state index in [0.29, 0.717) is 16.8 Å². The van der Waals surface area contributed by atoms with Crippen molar-refractivity contribution in [2.24, 2.45) is 0 Å². The van der Waals surface area contributed by atoms with Gasteiger partial charge in [-0.05, 0) is 35.9 Å². The highest BCUT2D eigenvalue weighted by Crippen LogP contribution is 2.27. The number of hydrogen-bond donors (Lipinski definition) is 3. The summed E-state index contributed by atoms with van der Waals surface area (Å²) in [5.74, 6) is -0.453. The molecule has 0 saturated carbocycles. The lowest BCUT2D eigenvalue weighted by molar-refractivity contribution is -0.115. The molecule has 1 unspecified atom stereocenters. The zero-order chi connectivity index (χ0) is 26.6. The second kappa shape index (κ2) is 11.0. The van der Waals surface area contributed by atoms with Crippen LogP contribution in [0.3, 0.4) is 0 Å². The summed E-state index contributed by atoms with van der Waals surface area (Å²) < 4.78 is 87.9. The van der Waals surface area contributed by atoms with Crippen molar-refractivity contribution in [3.05, 3.63) is 60.3 Å². The third-order valence-electron chi connectivity index (χ3n) is 4.82. The fraction of sp³-hybridized carbons (Fsp3) is 0.182. The third kappa shape index (κ3) is 7.04. The van der Waals surface area contributed by atoms with Crippen LogP contribution >= 0.6 is 0 Å². The van der Waals surface area contributed by atoms with Crippen LogP contribution in [0.15, 0.2) is 59.6 Å². The Balaban J connectivity index is 1.62. The number of hydrogen-bond acceptors (Lipinski definition) is 8. The Morgan fingerprint density at radius 3 is 2.35 bits per heavy atom. The smallest absolute Gasteiger partial charge is 0.405 e. The van der Waals surface area contributed by atoms with E-state index in [1.165, 1.54) is 36.5 Å². The molecule has 0 radical (unpaired) electrons. The van der Waals surface area contributed by atoms with Gasteiger partial charge in [0.15, 0.2) is 16.9 Å². The maximum Gasteiger partial charge on any atom is 0.405 e. The van der Waals surface area contributed by atoms with E-state index in [9.17, 15) is 26.2 Å². The van der Waals surface area contributed by atoms with E-state index in [1.807, 2.05) is 0 Å².